The lowest BCUT2D eigenvalue weighted by atomic mass is 9.87. The molecular weight excluding hydrogens is 358 g/mol. The summed E-state index contributed by atoms with van der Waals surface area (Å²) in [4.78, 5) is 4.29. The monoisotopic (exact) mass is 379 g/mol. The van der Waals surface area contributed by atoms with E-state index in [1.54, 1.807) is 13.3 Å². The van der Waals surface area contributed by atoms with Crippen molar-refractivity contribution in [1.82, 2.24) is 14.8 Å². The molecule has 0 saturated carbocycles. The topological polar surface area (TPSA) is 39.9 Å². The lowest BCUT2D eigenvalue weighted by Gasteiger charge is -2.19. The summed E-state index contributed by atoms with van der Waals surface area (Å²) in [6.07, 6.45) is 9.06. The molecule has 0 radical (unpaired) electrons. The van der Waals surface area contributed by atoms with Gasteiger partial charge in [-0.3, -0.25) is 4.98 Å². The third-order valence-corrected chi connectivity index (χ3v) is 5.41. The second kappa shape index (κ2) is 7.40. The number of methoxy groups -OCH3 is 1. The van der Waals surface area contributed by atoms with Gasteiger partial charge in [0.2, 0.25) is 0 Å². The Balaban J connectivity index is 1.64. The van der Waals surface area contributed by atoms with Gasteiger partial charge in [0.05, 0.1) is 18.5 Å². The maximum atomic E-state index is 5.32. The van der Waals surface area contributed by atoms with Gasteiger partial charge in [0.15, 0.2) is 0 Å². The average molecular weight is 379 g/mol. The fraction of sp³-hybridized carbons (Fsp3) is 0.120. The van der Waals surface area contributed by atoms with Gasteiger partial charge in [0.25, 0.3) is 0 Å². The molecule has 0 aliphatic heterocycles. The van der Waals surface area contributed by atoms with Crippen LogP contribution in [0.4, 0.5) is 0 Å². The van der Waals surface area contributed by atoms with Crippen LogP contribution >= 0.6 is 0 Å². The van der Waals surface area contributed by atoms with Crippen LogP contribution in [0.3, 0.4) is 0 Å². The number of pyridine rings is 1. The largest absolute Gasteiger partial charge is 0.497 e. The normalized spacial score (nSPS) is 15.1. The third-order valence-electron chi connectivity index (χ3n) is 5.41. The van der Waals surface area contributed by atoms with E-state index in [2.05, 4.69) is 70.3 Å². The second-order valence-electron chi connectivity index (χ2n) is 7.14. The number of rotatable bonds is 4. The lowest BCUT2D eigenvalue weighted by molar-refractivity contribution is 0.414. The van der Waals surface area contributed by atoms with Crippen molar-refractivity contribution >= 4 is 6.08 Å². The van der Waals surface area contributed by atoms with Crippen LogP contribution in [0.25, 0.3) is 23.0 Å². The third kappa shape index (κ3) is 3.23. The number of benzene rings is 2. The fourth-order valence-electron chi connectivity index (χ4n) is 3.91. The van der Waals surface area contributed by atoms with Crippen molar-refractivity contribution in [3.8, 4) is 22.7 Å². The van der Waals surface area contributed by atoms with Gasteiger partial charge in [-0.15, -0.1) is 0 Å². The molecule has 2 aromatic heterocycles. The quantitative estimate of drug-likeness (QED) is 0.483. The Labute approximate surface area is 170 Å². The van der Waals surface area contributed by atoms with Gasteiger partial charge in [-0.1, -0.05) is 42.5 Å². The van der Waals surface area contributed by atoms with Crippen LogP contribution in [0.15, 0.2) is 85.2 Å². The summed E-state index contributed by atoms with van der Waals surface area (Å²) in [6, 6.07) is 22.7. The van der Waals surface area contributed by atoms with E-state index in [1.807, 2.05) is 24.4 Å². The zero-order valence-electron chi connectivity index (χ0n) is 16.2. The fourth-order valence-corrected chi connectivity index (χ4v) is 3.91. The minimum atomic E-state index is 0.333. The molecule has 0 spiro atoms. The highest BCUT2D eigenvalue weighted by Crippen LogP contribution is 2.36. The molecule has 2 heterocycles. The Hall–Kier alpha value is -3.66. The summed E-state index contributed by atoms with van der Waals surface area (Å²) in [5.74, 6) is 1.17. The summed E-state index contributed by atoms with van der Waals surface area (Å²) in [6.45, 7) is 0. The van der Waals surface area contributed by atoms with Crippen molar-refractivity contribution in [2.75, 3.05) is 7.11 Å². The molecule has 4 aromatic rings. The van der Waals surface area contributed by atoms with Crippen LogP contribution in [0, 0.1) is 0 Å². The van der Waals surface area contributed by atoms with Crippen molar-refractivity contribution in [3.63, 3.8) is 0 Å². The molecule has 1 atom stereocenters. The van der Waals surface area contributed by atoms with Gasteiger partial charge in [-0.2, -0.15) is 5.10 Å². The van der Waals surface area contributed by atoms with Gasteiger partial charge in [0.1, 0.15) is 11.4 Å². The van der Waals surface area contributed by atoms with Gasteiger partial charge in [0, 0.05) is 35.9 Å². The molecule has 29 heavy (non-hydrogen) atoms. The van der Waals surface area contributed by atoms with Crippen molar-refractivity contribution in [2.45, 2.75) is 12.3 Å². The molecule has 1 aliphatic carbocycles. The minimum Gasteiger partial charge on any atom is -0.497 e. The van der Waals surface area contributed by atoms with E-state index in [9.17, 15) is 0 Å². The number of nitrogens with zero attached hydrogens (tertiary/aromatic N) is 3. The standard InChI is InChI=1S/C25H21N3O/c1-29-22-12-10-21(11-13-22)28-24-16-19(18-6-3-2-4-7-18)9-14-23(24)25(27-28)20-8-5-15-26-17-20/h2-15,17,19H,16H2,1H3. The summed E-state index contributed by atoms with van der Waals surface area (Å²) >= 11 is 0. The molecule has 4 heteroatoms. The molecule has 4 nitrogen and oxygen atoms in total. The predicted molar refractivity (Wildman–Crippen MR) is 115 cm³/mol. The first kappa shape index (κ1) is 17.4. The maximum absolute atomic E-state index is 5.32. The number of ether oxygens (including phenoxy) is 1. The first-order chi connectivity index (χ1) is 14.3. The molecule has 5 rings (SSSR count). The zero-order valence-corrected chi connectivity index (χ0v) is 16.2. The van der Waals surface area contributed by atoms with Crippen molar-refractivity contribution in [3.05, 3.63) is 102 Å². The first-order valence-corrected chi connectivity index (χ1v) is 9.73. The first-order valence-electron chi connectivity index (χ1n) is 9.73. The van der Waals surface area contributed by atoms with Crippen molar-refractivity contribution < 1.29 is 4.74 Å². The average Bonchev–Trinajstić information content (AvgIpc) is 3.19. The molecular formula is C25H21N3O. The van der Waals surface area contributed by atoms with Crippen molar-refractivity contribution in [1.29, 1.82) is 0 Å². The van der Waals surface area contributed by atoms with Crippen LogP contribution in [-0.4, -0.2) is 21.9 Å². The number of hydrogen-bond acceptors (Lipinski definition) is 3. The SMILES string of the molecule is COc1ccc(-n2nc(-c3cccnc3)c3c2CC(c2ccccc2)C=C3)cc1. The van der Waals surface area contributed by atoms with Crippen LogP contribution in [0.5, 0.6) is 5.75 Å². The van der Waals surface area contributed by atoms with E-state index in [0.717, 1.165) is 29.1 Å². The number of hydrogen-bond donors (Lipinski definition) is 0. The molecule has 0 bridgehead atoms. The van der Waals surface area contributed by atoms with E-state index in [1.165, 1.54) is 16.8 Å². The molecule has 0 saturated heterocycles. The van der Waals surface area contributed by atoms with Gasteiger partial charge in [-0.25, -0.2) is 4.68 Å². The van der Waals surface area contributed by atoms with E-state index >= 15 is 0 Å². The second-order valence-corrected chi connectivity index (χ2v) is 7.14. The Kier molecular flexibility index (Phi) is 4.45. The van der Waals surface area contributed by atoms with Gasteiger partial charge in [-0.05, 0) is 42.0 Å². The minimum absolute atomic E-state index is 0.333. The van der Waals surface area contributed by atoms with Crippen LogP contribution < -0.4 is 4.74 Å². The molecule has 0 N–H and O–H groups in total. The van der Waals surface area contributed by atoms with Crippen LogP contribution in [0.1, 0.15) is 22.7 Å². The van der Waals surface area contributed by atoms with Gasteiger partial charge < -0.3 is 4.74 Å². The smallest absolute Gasteiger partial charge is 0.119 e. The lowest BCUT2D eigenvalue weighted by Crippen LogP contribution is -2.10. The molecule has 142 valence electrons. The Bertz CT molecular complexity index is 1150. The molecule has 1 unspecified atom stereocenters. The summed E-state index contributed by atoms with van der Waals surface area (Å²) in [5.41, 5.74) is 6.72. The van der Waals surface area contributed by atoms with Crippen LogP contribution in [0.2, 0.25) is 0 Å². The Morgan fingerprint density at radius 2 is 1.79 bits per heavy atom. The highest BCUT2D eigenvalue weighted by Gasteiger charge is 2.25. The molecule has 0 fully saturated rings. The highest BCUT2D eigenvalue weighted by molar-refractivity contribution is 5.75. The summed E-state index contributed by atoms with van der Waals surface area (Å²) in [7, 11) is 1.68. The van der Waals surface area contributed by atoms with E-state index in [4.69, 9.17) is 9.84 Å². The summed E-state index contributed by atoms with van der Waals surface area (Å²) in [5, 5.41) is 5.00. The Morgan fingerprint density at radius 3 is 2.52 bits per heavy atom. The van der Waals surface area contributed by atoms with E-state index in [0.29, 0.717) is 5.92 Å². The van der Waals surface area contributed by atoms with E-state index in [-0.39, 0.29) is 0 Å². The highest BCUT2D eigenvalue weighted by atomic mass is 16.5. The van der Waals surface area contributed by atoms with E-state index < -0.39 is 0 Å². The predicted octanol–water partition coefficient (Wildman–Crippen LogP) is 5.30. The molecule has 2 aromatic carbocycles. The number of fused-ring (bicyclic) bond motifs is 1. The number of allylic oxidation sites excluding steroid dienone is 1. The van der Waals surface area contributed by atoms with Gasteiger partial charge >= 0.3 is 0 Å². The molecule has 0 amide bonds. The Morgan fingerprint density at radius 1 is 0.966 bits per heavy atom. The summed E-state index contributed by atoms with van der Waals surface area (Å²) < 4.78 is 7.38. The van der Waals surface area contributed by atoms with Crippen LogP contribution in [-0.2, 0) is 6.42 Å². The zero-order chi connectivity index (χ0) is 19.6. The molecule has 1 aliphatic rings. The number of aromatic nitrogens is 3. The van der Waals surface area contributed by atoms with Crippen molar-refractivity contribution in [2.24, 2.45) is 0 Å². The maximum Gasteiger partial charge on any atom is 0.119 e.